The third-order valence-electron chi connectivity index (χ3n) is 2.19. The summed E-state index contributed by atoms with van der Waals surface area (Å²) >= 11 is 0. The molecule has 0 saturated carbocycles. The van der Waals surface area contributed by atoms with E-state index in [0.717, 1.165) is 13.0 Å². The highest BCUT2D eigenvalue weighted by Crippen LogP contribution is 2.20. The minimum atomic E-state index is -0.824. The molecule has 0 bridgehead atoms. The van der Waals surface area contributed by atoms with Gasteiger partial charge >= 0.3 is 0 Å². The van der Waals surface area contributed by atoms with Gasteiger partial charge in [-0.1, -0.05) is 0 Å². The largest absolute Gasteiger partial charge is 0.314 e. The van der Waals surface area contributed by atoms with Gasteiger partial charge in [-0.05, 0) is 13.0 Å². The molecular weight excluding hydrogens is 159 g/mol. The third-order valence-corrected chi connectivity index (χ3v) is 2.19. The molecule has 4 nitrogen and oxygen atoms in total. The number of aromatic nitrogens is 3. The van der Waals surface area contributed by atoms with Gasteiger partial charge in [0.15, 0.2) is 0 Å². The first kappa shape index (κ1) is 7.67. The fourth-order valence-electron chi connectivity index (χ4n) is 1.52. The van der Waals surface area contributed by atoms with Crippen LogP contribution in [0.2, 0.25) is 0 Å². The Morgan fingerprint density at radius 2 is 2.17 bits per heavy atom. The van der Waals surface area contributed by atoms with Crippen LogP contribution in [0.4, 0.5) is 4.39 Å². The van der Waals surface area contributed by atoms with Crippen LogP contribution in [0.3, 0.4) is 0 Å². The molecule has 1 aromatic rings. The first-order chi connectivity index (χ1) is 5.88. The topological polar surface area (TPSA) is 42.7 Å². The van der Waals surface area contributed by atoms with Crippen molar-refractivity contribution in [3.63, 3.8) is 0 Å². The molecule has 2 unspecified atom stereocenters. The molecule has 1 saturated heterocycles. The van der Waals surface area contributed by atoms with E-state index in [4.69, 9.17) is 0 Å². The molecule has 1 aliphatic rings. The van der Waals surface area contributed by atoms with Crippen molar-refractivity contribution in [2.24, 2.45) is 0 Å². The Morgan fingerprint density at radius 3 is 2.83 bits per heavy atom. The number of piperidine rings is 1. The third kappa shape index (κ3) is 1.32. The van der Waals surface area contributed by atoms with Gasteiger partial charge in [-0.15, -0.1) is 10.2 Å². The Labute approximate surface area is 69.8 Å². The van der Waals surface area contributed by atoms with Crippen molar-refractivity contribution in [1.29, 1.82) is 0 Å². The second-order valence-corrected chi connectivity index (χ2v) is 2.99. The lowest BCUT2D eigenvalue weighted by molar-refractivity contribution is 0.183. The molecule has 2 rings (SSSR count). The summed E-state index contributed by atoms with van der Waals surface area (Å²) in [5, 5.41) is 10.3. The highest BCUT2D eigenvalue weighted by Gasteiger charge is 2.25. The summed E-state index contributed by atoms with van der Waals surface area (Å²) in [6.45, 7) is 1.30. The summed E-state index contributed by atoms with van der Waals surface area (Å²) in [7, 11) is 0. The summed E-state index contributed by atoms with van der Waals surface area (Å²) in [6, 6.07) is -0.0822. The number of nitrogens with zero attached hydrogens (tertiary/aromatic N) is 3. The lowest BCUT2D eigenvalue weighted by atomic mass is 10.1. The second kappa shape index (κ2) is 3.18. The standard InChI is InChI=1S/C7H11FN4/c8-6-3-9-2-1-7(6)12-4-10-11-5-12/h4-7,9H,1-3H2. The minimum absolute atomic E-state index is 0.0822. The van der Waals surface area contributed by atoms with Crippen molar-refractivity contribution in [1.82, 2.24) is 20.1 Å². The van der Waals surface area contributed by atoms with Gasteiger partial charge in [0.2, 0.25) is 0 Å². The number of alkyl halides is 1. The van der Waals surface area contributed by atoms with Crippen LogP contribution < -0.4 is 5.32 Å². The number of rotatable bonds is 1. The van der Waals surface area contributed by atoms with Crippen LogP contribution in [-0.4, -0.2) is 34.0 Å². The van der Waals surface area contributed by atoms with Crippen molar-refractivity contribution < 1.29 is 4.39 Å². The van der Waals surface area contributed by atoms with Gasteiger partial charge in [0.05, 0.1) is 6.04 Å². The van der Waals surface area contributed by atoms with E-state index in [0.29, 0.717) is 6.54 Å². The van der Waals surface area contributed by atoms with E-state index in [2.05, 4.69) is 15.5 Å². The number of hydrogen-bond donors (Lipinski definition) is 1. The lowest BCUT2D eigenvalue weighted by Gasteiger charge is -2.26. The van der Waals surface area contributed by atoms with Crippen molar-refractivity contribution in [3.8, 4) is 0 Å². The molecule has 0 aliphatic carbocycles. The van der Waals surface area contributed by atoms with Gasteiger partial charge in [0.1, 0.15) is 18.8 Å². The van der Waals surface area contributed by atoms with Gasteiger partial charge in [0, 0.05) is 6.54 Å². The number of hydrogen-bond acceptors (Lipinski definition) is 3. The first-order valence-electron chi connectivity index (χ1n) is 4.07. The average molecular weight is 170 g/mol. The van der Waals surface area contributed by atoms with Crippen LogP contribution >= 0.6 is 0 Å². The Kier molecular flexibility index (Phi) is 2.03. The van der Waals surface area contributed by atoms with E-state index in [1.807, 2.05) is 0 Å². The predicted molar refractivity (Wildman–Crippen MR) is 41.4 cm³/mol. The monoisotopic (exact) mass is 170 g/mol. The zero-order valence-corrected chi connectivity index (χ0v) is 6.65. The van der Waals surface area contributed by atoms with Crippen LogP contribution in [0.15, 0.2) is 12.7 Å². The van der Waals surface area contributed by atoms with Crippen molar-refractivity contribution in [2.75, 3.05) is 13.1 Å². The molecule has 0 amide bonds. The molecule has 12 heavy (non-hydrogen) atoms. The average Bonchev–Trinajstić information content (AvgIpc) is 2.57. The van der Waals surface area contributed by atoms with Gasteiger partial charge in [0.25, 0.3) is 0 Å². The van der Waals surface area contributed by atoms with Crippen LogP contribution in [0, 0.1) is 0 Å². The molecule has 2 atom stereocenters. The van der Waals surface area contributed by atoms with Gasteiger partial charge < -0.3 is 9.88 Å². The molecule has 1 aromatic heterocycles. The normalized spacial score (nSPS) is 30.4. The predicted octanol–water partition coefficient (Wildman–Crippen LogP) is 0.151. The van der Waals surface area contributed by atoms with E-state index in [-0.39, 0.29) is 6.04 Å². The maximum atomic E-state index is 13.3. The van der Waals surface area contributed by atoms with E-state index >= 15 is 0 Å². The van der Waals surface area contributed by atoms with Crippen LogP contribution in [0.1, 0.15) is 12.5 Å². The second-order valence-electron chi connectivity index (χ2n) is 2.99. The highest BCUT2D eigenvalue weighted by atomic mass is 19.1. The quantitative estimate of drug-likeness (QED) is 0.652. The van der Waals surface area contributed by atoms with Crippen LogP contribution in [-0.2, 0) is 0 Å². The SMILES string of the molecule is FC1CNCCC1n1cnnc1. The zero-order chi connectivity index (χ0) is 8.39. The Morgan fingerprint density at radius 1 is 1.42 bits per heavy atom. The van der Waals surface area contributed by atoms with Gasteiger partial charge in [-0.2, -0.15) is 0 Å². The van der Waals surface area contributed by atoms with Crippen LogP contribution in [0.5, 0.6) is 0 Å². The van der Waals surface area contributed by atoms with E-state index < -0.39 is 6.17 Å². The van der Waals surface area contributed by atoms with E-state index in [1.165, 1.54) is 0 Å². The van der Waals surface area contributed by atoms with Crippen molar-refractivity contribution >= 4 is 0 Å². The number of nitrogens with one attached hydrogen (secondary N) is 1. The molecule has 2 heterocycles. The summed E-state index contributed by atoms with van der Waals surface area (Å²) in [6.07, 6.45) is 3.12. The van der Waals surface area contributed by atoms with Crippen molar-refractivity contribution in [3.05, 3.63) is 12.7 Å². The zero-order valence-electron chi connectivity index (χ0n) is 6.65. The Balaban J connectivity index is 2.11. The fraction of sp³-hybridized carbons (Fsp3) is 0.714. The molecule has 1 fully saturated rings. The van der Waals surface area contributed by atoms with Crippen molar-refractivity contribution in [2.45, 2.75) is 18.6 Å². The molecule has 0 radical (unpaired) electrons. The lowest BCUT2D eigenvalue weighted by Crippen LogP contribution is -2.38. The number of halogens is 1. The van der Waals surface area contributed by atoms with Gasteiger partial charge in [-0.3, -0.25) is 0 Å². The minimum Gasteiger partial charge on any atom is -0.314 e. The molecule has 5 heteroatoms. The Hall–Kier alpha value is -0.970. The highest BCUT2D eigenvalue weighted by molar-refractivity contribution is 4.84. The molecule has 1 N–H and O–H groups in total. The van der Waals surface area contributed by atoms with E-state index in [1.54, 1.807) is 17.2 Å². The maximum absolute atomic E-state index is 13.3. The molecule has 66 valence electrons. The summed E-state index contributed by atoms with van der Waals surface area (Å²) < 4.78 is 15.0. The van der Waals surface area contributed by atoms with Gasteiger partial charge in [-0.25, -0.2) is 4.39 Å². The molecule has 0 aromatic carbocycles. The molecule has 0 spiro atoms. The summed E-state index contributed by atoms with van der Waals surface area (Å²) in [5.74, 6) is 0. The Bertz CT molecular complexity index is 236. The molecule has 1 aliphatic heterocycles. The summed E-state index contributed by atoms with van der Waals surface area (Å²) in [5.41, 5.74) is 0. The summed E-state index contributed by atoms with van der Waals surface area (Å²) in [4.78, 5) is 0. The van der Waals surface area contributed by atoms with E-state index in [9.17, 15) is 4.39 Å². The van der Waals surface area contributed by atoms with Crippen LogP contribution in [0.25, 0.3) is 0 Å². The fourth-order valence-corrected chi connectivity index (χ4v) is 1.52. The smallest absolute Gasteiger partial charge is 0.133 e. The molecular formula is C7H11FN4. The first-order valence-corrected chi connectivity index (χ1v) is 4.07. The maximum Gasteiger partial charge on any atom is 0.133 e.